The second kappa shape index (κ2) is 10.6. The number of amides is 1. The van der Waals surface area contributed by atoms with Gasteiger partial charge in [-0.2, -0.15) is 25.4 Å². The molecular formula is C20H31N7O6S2. The maximum atomic E-state index is 13.6. The standard InChI is InChI=1S/C20H31N7O6S2/c1-23(2)34(30,31)26-11-7-21-18(26)13-17(20(29)25-9-5-16(15-28)6-10-25)14-19-22-8-12-27(19)35(32,33)24(3)4/h7-8,11-12,15-17H,5-6,9-10,13-14H2,1-4H3. The first kappa shape index (κ1) is 27.0. The van der Waals surface area contributed by atoms with Gasteiger partial charge in [0.2, 0.25) is 5.91 Å². The lowest BCUT2D eigenvalue weighted by Gasteiger charge is -2.32. The molecule has 0 N–H and O–H groups in total. The van der Waals surface area contributed by atoms with Gasteiger partial charge < -0.3 is 9.69 Å². The molecule has 13 nitrogen and oxygen atoms in total. The summed E-state index contributed by atoms with van der Waals surface area (Å²) in [5.41, 5.74) is 0. The minimum atomic E-state index is -3.88. The Morgan fingerprint density at radius 1 is 0.943 bits per heavy atom. The van der Waals surface area contributed by atoms with Gasteiger partial charge in [0.1, 0.15) is 17.9 Å². The number of imidazole rings is 2. The highest BCUT2D eigenvalue weighted by atomic mass is 32.2. The predicted molar refractivity (Wildman–Crippen MR) is 127 cm³/mol. The van der Waals surface area contributed by atoms with E-state index >= 15 is 0 Å². The van der Waals surface area contributed by atoms with E-state index in [1.54, 1.807) is 4.90 Å². The van der Waals surface area contributed by atoms with E-state index in [0.29, 0.717) is 25.9 Å². The summed E-state index contributed by atoms with van der Waals surface area (Å²) in [4.78, 5) is 34.7. The van der Waals surface area contributed by atoms with Crippen LogP contribution >= 0.6 is 0 Å². The van der Waals surface area contributed by atoms with Crippen molar-refractivity contribution < 1.29 is 26.4 Å². The highest BCUT2D eigenvalue weighted by molar-refractivity contribution is 7.87. The van der Waals surface area contributed by atoms with Crippen LogP contribution in [0.5, 0.6) is 0 Å². The molecule has 2 aromatic rings. The van der Waals surface area contributed by atoms with Crippen molar-refractivity contribution in [3.05, 3.63) is 36.4 Å². The predicted octanol–water partition coefficient (Wildman–Crippen LogP) is -0.772. The van der Waals surface area contributed by atoms with Crippen LogP contribution in [0.1, 0.15) is 24.5 Å². The van der Waals surface area contributed by atoms with Gasteiger partial charge in [-0.15, -0.1) is 0 Å². The largest absolute Gasteiger partial charge is 0.342 e. The Balaban J connectivity index is 1.96. The van der Waals surface area contributed by atoms with E-state index < -0.39 is 26.3 Å². The second-order valence-electron chi connectivity index (χ2n) is 8.76. The van der Waals surface area contributed by atoms with Gasteiger partial charge in [0.15, 0.2) is 0 Å². The van der Waals surface area contributed by atoms with Gasteiger partial charge in [-0.05, 0) is 12.8 Å². The van der Waals surface area contributed by atoms with Crippen molar-refractivity contribution in [3.8, 4) is 0 Å². The first-order valence-corrected chi connectivity index (χ1v) is 13.8. The summed E-state index contributed by atoms with van der Waals surface area (Å²) < 4.78 is 55.0. The maximum Gasteiger partial charge on any atom is 0.308 e. The Morgan fingerprint density at radius 3 is 1.74 bits per heavy atom. The Morgan fingerprint density at radius 2 is 1.37 bits per heavy atom. The number of aromatic nitrogens is 4. The number of carbonyl (C=O) groups excluding carboxylic acids is 2. The van der Waals surface area contributed by atoms with E-state index in [9.17, 15) is 26.4 Å². The van der Waals surface area contributed by atoms with Crippen molar-refractivity contribution in [2.24, 2.45) is 11.8 Å². The van der Waals surface area contributed by atoms with Crippen molar-refractivity contribution in [1.82, 2.24) is 31.4 Å². The van der Waals surface area contributed by atoms with Crippen LogP contribution in [0.3, 0.4) is 0 Å². The molecule has 0 bridgehead atoms. The molecule has 0 spiro atoms. The van der Waals surface area contributed by atoms with Gasteiger partial charge in [-0.1, -0.05) is 0 Å². The van der Waals surface area contributed by atoms with Crippen LogP contribution in [0.4, 0.5) is 0 Å². The fourth-order valence-corrected chi connectivity index (χ4v) is 5.80. The third-order valence-electron chi connectivity index (χ3n) is 6.03. The molecule has 1 aliphatic rings. The summed E-state index contributed by atoms with van der Waals surface area (Å²) in [5.74, 6) is -0.921. The number of hydrogen-bond donors (Lipinski definition) is 0. The summed E-state index contributed by atoms with van der Waals surface area (Å²) in [6, 6.07) is 0. The SMILES string of the molecule is CN(C)S(=O)(=O)n1ccnc1CC(Cc1nccn1S(=O)(=O)N(C)C)C(=O)N1CCC(C=O)CC1. The van der Waals surface area contributed by atoms with Crippen LogP contribution < -0.4 is 0 Å². The quantitative estimate of drug-likeness (QED) is 0.364. The Hall–Kier alpha value is -2.62. The first-order valence-electron chi connectivity index (χ1n) is 11.0. The van der Waals surface area contributed by atoms with E-state index in [4.69, 9.17) is 0 Å². The molecule has 2 aromatic heterocycles. The van der Waals surface area contributed by atoms with Gasteiger partial charge in [0.05, 0.1) is 5.92 Å². The molecule has 3 heterocycles. The van der Waals surface area contributed by atoms with E-state index in [1.165, 1.54) is 53.0 Å². The number of rotatable bonds is 10. The molecule has 3 rings (SSSR count). The average molecular weight is 530 g/mol. The fourth-order valence-electron chi connectivity index (χ4n) is 3.90. The van der Waals surface area contributed by atoms with Crippen LogP contribution in [-0.4, -0.2) is 102 Å². The van der Waals surface area contributed by atoms with Gasteiger partial charge >= 0.3 is 20.4 Å². The third-order valence-corrected chi connectivity index (χ3v) is 9.54. The number of piperidine rings is 1. The zero-order valence-corrected chi connectivity index (χ0v) is 21.8. The molecule has 0 radical (unpaired) electrons. The van der Waals surface area contributed by atoms with Crippen molar-refractivity contribution >= 4 is 32.6 Å². The maximum absolute atomic E-state index is 13.6. The van der Waals surface area contributed by atoms with Crippen LogP contribution in [0.2, 0.25) is 0 Å². The summed E-state index contributed by atoms with van der Waals surface area (Å²) in [6.45, 7) is 0.765. The molecule has 1 amide bonds. The number of carbonyl (C=O) groups is 2. The first-order chi connectivity index (χ1) is 16.4. The monoisotopic (exact) mass is 529 g/mol. The Labute approximate surface area is 205 Å². The van der Waals surface area contributed by atoms with Crippen molar-refractivity contribution in [3.63, 3.8) is 0 Å². The topological polar surface area (TPSA) is 148 Å². The van der Waals surface area contributed by atoms with Gasteiger partial charge in [-0.3, -0.25) is 4.79 Å². The normalized spacial score (nSPS) is 15.9. The van der Waals surface area contributed by atoms with Gasteiger partial charge in [0, 0.05) is 84.8 Å². The molecule has 0 unspecified atom stereocenters. The molecule has 35 heavy (non-hydrogen) atoms. The molecule has 15 heteroatoms. The lowest BCUT2D eigenvalue weighted by Crippen LogP contribution is -2.44. The summed E-state index contributed by atoms with van der Waals surface area (Å²) in [7, 11) is -2.19. The van der Waals surface area contributed by atoms with Crippen molar-refractivity contribution in [1.29, 1.82) is 0 Å². The molecule has 1 aliphatic heterocycles. The molecule has 194 valence electrons. The molecule has 0 aromatic carbocycles. The van der Waals surface area contributed by atoms with E-state index in [2.05, 4.69) is 9.97 Å². The molecule has 0 saturated carbocycles. The summed E-state index contributed by atoms with van der Waals surface area (Å²) in [6.07, 6.45) is 7.15. The van der Waals surface area contributed by atoms with Gasteiger partial charge in [0.25, 0.3) is 0 Å². The Bertz CT molecular complexity index is 1180. The molecule has 1 fully saturated rings. The molecule has 0 atom stereocenters. The Kier molecular flexibility index (Phi) is 8.14. The second-order valence-corrected chi connectivity index (χ2v) is 12.8. The lowest BCUT2D eigenvalue weighted by atomic mass is 9.94. The van der Waals surface area contributed by atoms with Crippen LogP contribution in [-0.2, 0) is 42.8 Å². The zero-order chi connectivity index (χ0) is 26.0. The third kappa shape index (κ3) is 5.63. The average Bonchev–Trinajstić information content (AvgIpc) is 3.48. The number of hydrogen-bond acceptors (Lipinski definition) is 8. The molecule has 0 aliphatic carbocycles. The van der Waals surface area contributed by atoms with Crippen LogP contribution in [0.15, 0.2) is 24.8 Å². The zero-order valence-electron chi connectivity index (χ0n) is 20.2. The molecule has 1 saturated heterocycles. The van der Waals surface area contributed by atoms with Crippen molar-refractivity contribution in [2.75, 3.05) is 41.3 Å². The number of nitrogens with zero attached hydrogens (tertiary/aromatic N) is 7. The van der Waals surface area contributed by atoms with Crippen LogP contribution in [0.25, 0.3) is 0 Å². The number of aldehydes is 1. The lowest BCUT2D eigenvalue weighted by molar-refractivity contribution is -0.137. The fraction of sp³-hybridized carbons (Fsp3) is 0.600. The summed E-state index contributed by atoms with van der Waals surface area (Å²) in [5, 5.41) is 0. The minimum Gasteiger partial charge on any atom is -0.342 e. The highest BCUT2D eigenvalue weighted by Gasteiger charge is 2.33. The van der Waals surface area contributed by atoms with E-state index in [-0.39, 0.29) is 36.3 Å². The van der Waals surface area contributed by atoms with Crippen molar-refractivity contribution in [2.45, 2.75) is 25.7 Å². The van der Waals surface area contributed by atoms with E-state index in [1.807, 2.05) is 0 Å². The summed E-state index contributed by atoms with van der Waals surface area (Å²) >= 11 is 0. The van der Waals surface area contributed by atoms with Gasteiger partial charge in [-0.25, -0.2) is 17.9 Å². The minimum absolute atomic E-state index is 0.0542. The highest BCUT2D eigenvalue weighted by Crippen LogP contribution is 2.22. The smallest absolute Gasteiger partial charge is 0.308 e. The van der Waals surface area contributed by atoms with E-state index in [0.717, 1.165) is 22.8 Å². The van der Waals surface area contributed by atoms with Crippen LogP contribution in [0, 0.1) is 11.8 Å². The molecular weight excluding hydrogens is 498 g/mol. The number of likely N-dealkylation sites (tertiary alicyclic amines) is 1.